The van der Waals surface area contributed by atoms with Gasteiger partial charge in [0.05, 0.1) is 23.2 Å². The van der Waals surface area contributed by atoms with Crippen LogP contribution in [0.5, 0.6) is 5.75 Å². The lowest BCUT2D eigenvalue weighted by molar-refractivity contribution is 0.102. The molecular formula is C21H17N3O2S. The molecule has 0 unspecified atom stereocenters. The van der Waals surface area contributed by atoms with E-state index in [9.17, 15) is 4.79 Å². The van der Waals surface area contributed by atoms with Gasteiger partial charge in [0.1, 0.15) is 11.4 Å². The molecule has 0 atom stereocenters. The van der Waals surface area contributed by atoms with Crippen molar-refractivity contribution in [2.45, 2.75) is 0 Å². The molecular weight excluding hydrogens is 358 g/mol. The lowest BCUT2D eigenvalue weighted by atomic mass is 10.2. The Balaban J connectivity index is 1.72. The number of carbonyl (C=O) groups excluding carboxylic acids is 1. The fourth-order valence-electron chi connectivity index (χ4n) is 2.75. The topological polar surface area (TPSA) is 56.1 Å². The van der Waals surface area contributed by atoms with Crippen molar-refractivity contribution in [2.24, 2.45) is 0 Å². The first-order chi connectivity index (χ1) is 13.2. The second-order valence-corrected chi connectivity index (χ2v) is 6.78. The summed E-state index contributed by atoms with van der Waals surface area (Å²) in [4.78, 5) is 13.9. The van der Waals surface area contributed by atoms with Gasteiger partial charge in [0.15, 0.2) is 0 Å². The number of nitrogens with one attached hydrogen (secondary N) is 1. The van der Waals surface area contributed by atoms with Crippen LogP contribution in [-0.2, 0) is 0 Å². The molecule has 1 amide bonds. The Morgan fingerprint density at radius 1 is 1.07 bits per heavy atom. The fraction of sp³-hybridized carbons (Fsp3) is 0.0476. The predicted molar refractivity (Wildman–Crippen MR) is 108 cm³/mol. The van der Waals surface area contributed by atoms with Gasteiger partial charge in [-0.2, -0.15) is 5.10 Å². The van der Waals surface area contributed by atoms with Crippen molar-refractivity contribution in [1.82, 2.24) is 9.78 Å². The number of benzene rings is 2. The maximum atomic E-state index is 13.0. The number of ether oxygens (including phenoxy) is 1. The summed E-state index contributed by atoms with van der Waals surface area (Å²) in [5.41, 5.74) is 2.75. The molecule has 0 bridgehead atoms. The fourth-order valence-corrected chi connectivity index (χ4v) is 3.47. The van der Waals surface area contributed by atoms with Gasteiger partial charge in [-0.25, -0.2) is 4.68 Å². The van der Waals surface area contributed by atoms with Crippen LogP contribution in [-0.4, -0.2) is 22.8 Å². The third-order valence-corrected chi connectivity index (χ3v) is 4.94. The summed E-state index contributed by atoms with van der Waals surface area (Å²) in [6.07, 6.45) is 1.76. The van der Waals surface area contributed by atoms with Crippen LogP contribution in [0.1, 0.15) is 10.4 Å². The predicted octanol–water partition coefficient (Wildman–Crippen LogP) is 4.86. The van der Waals surface area contributed by atoms with Gasteiger partial charge < -0.3 is 10.1 Å². The first kappa shape index (κ1) is 17.1. The quantitative estimate of drug-likeness (QED) is 0.542. The minimum atomic E-state index is -0.214. The molecule has 4 rings (SSSR count). The standard InChI is InChI=1S/C21H17N3O2S/c1-26-17-10-5-7-15(13-17)22-21(25)18-14-24(16-8-3-2-4-9-16)23-20(18)19-11-6-12-27-19/h2-14H,1H3,(H,22,25). The van der Waals surface area contributed by atoms with Crippen LogP contribution in [0, 0.1) is 0 Å². The number of amides is 1. The minimum absolute atomic E-state index is 0.214. The summed E-state index contributed by atoms with van der Waals surface area (Å²) in [5.74, 6) is 0.472. The first-order valence-corrected chi connectivity index (χ1v) is 9.27. The summed E-state index contributed by atoms with van der Waals surface area (Å²) >= 11 is 1.55. The van der Waals surface area contributed by atoms with Crippen molar-refractivity contribution in [3.63, 3.8) is 0 Å². The van der Waals surface area contributed by atoms with Crippen LogP contribution in [0.15, 0.2) is 78.3 Å². The molecule has 6 heteroatoms. The van der Waals surface area contributed by atoms with Crippen molar-refractivity contribution in [2.75, 3.05) is 12.4 Å². The van der Waals surface area contributed by atoms with Crippen molar-refractivity contribution in [3.05, 3.63) is 83.9 Å². The zero-order valence-electron chi connectivity index (χ0n) is 14.6. The summed E-state index contributed by atoms with van der Waals surface area (Å²) in [6.45, 7) is 0. The van der Waals surface area contributed by atoms with Gasteiger partial charge in [-0.3, -0.25) is 4.79 Å². The van der Waals surface area contributed by atoms with E-state index in [0.717, 1.165) is 10.6 Å². The van der Waals surface area contributed by atoms with Crippen molar-refractivity contribution < 1.29 is 9.53 Å². The highest BCUT2D eigenvalue weighted by Crippen LogP contribution is 2.28. The van der Waals surface area contributed by atoms with Gasteiger partial charge in [0, 0.05) is 18.0 Å². The van der Waals surface area contributed by atoms with E-state index in [2.05, 4.69) is 10.4 Å². The van der Waals surface area contributed by atoms with Crippen molar-refractivity contribution >= 4 is 22.9 Å². The molecule has 0 saturated carbocycles. The molecule has 5 nitrogen and oxygen atoms in total. The Morgan fingerprint density at radius 3 is 2.67 bits per heavy atom. The Bertz CT molecular complexity index is 1060. The van der Waals surface area contributed by atoms with Gasteiger partial charge in [-0.15, -0.1) is 11.3 Å². The molecule has 0 aliphatic rings. The average Bonchev–Trinajstić information content (AvgIpc) is 3.38. The molecule has 1 N–H and O–H groups in total. The molecule has 0 spiro atoms. The maximum Gasteiger partial charge on any atom is 0.259 e. The van der Waals surface area contributed by atoms with E-state index < -0.39 is 0 Å². The van der Waals surface area contributed by atoms with Gasteiger partial charge >= 0.3 is 0 Å². The molecule has 2 heterocycles. The van der Waals surface area contributed by atoms with Crippen molar-refractivity contribution in [1.29, 1.82) is 0 Å². The monoisotopic (exact) mass is 375 g/mol. The number of aromatic nitrogens is 2. The van der Waals surface area contributed by atoms with Gasteiger partial charge in [-0.05, 0) is 35.7 Å². The van der Waals surface area contributed by atoms with Crippen molar-refractivity contribution in [3.8, 4) is 22.0 Å². The second kappa shape index (κ2) is 7.47. The summed E-state index contributed by atoms with van der Waals surface area (Å²) < 4.78 is 6.95. The Kier molecular flexibility index (Phi) is 4.72. The van der Waals surface area contributed by atoms with E-state index in [1.165, 1.54) is 0 Å². The molecule has 0 aliphatic heterocycles. The van der Waals surface area contributed by atoms with E-state index >= 15 is 0 Å². The van der Waals surface area contributed by atoms with Crippen LogP contribution in [0.2, 0.25) is 0 Å². The largest absolute Gasteiger partial charge is 0.497 e. The molecule has 0 fully saturated rings. The molecule has 27 heavy (non-hydrogen) atoms. The molecule has 2 aromatic carbocycles. The number of carbonyl (C=O) groups is 1. The number of thiophene rings is 1. The SMILES string of the molecule is COc1cccc(NC(=O)c2cn(-c3ccccc3)nc2-c2cccs2)c1. The van der Waals surface area contributed by atoms with Crippen LogP contribution in [0.4, 0.5) is 5.69 Å². The van der Waals surface area contributed by atoms with E-state index in [0.29, 0.717) is 22.7 Å². The Morgan fingerprint density at radius 2 is 1.93 bits per heavy atom. The number of rotatable bonds is 5. The molecule has 0 radical (unpaired) electrons. The molecule has 2 aromatic heterocycles. The van der Waals surface area contributed by atoms with E-state index in [1.807, 2.05) is 66.0 Å². The summed E-state index contributed by atoms with van der Waals surface area (Å²) in [5, 5.41) is 9.57. The van der Waals surface area contributed by atoms with Gasteiger partial charge in [0.25, 0.3) is 5.91 Å². The summed E-state index contributed by atoms with van der Waals surface area (Å²) in [7, 11) is 1.60. The number of anilines is 1. The lowest BCUT2D eigenvalue weighted by Crippen LogP contribution is -2.12. The normalized spacial score (nSPS) is 10.6. The van der Waals surface area contributed by atoms with Crippen LogP contribution < -0.4 is 10.1 Å². The first-order valence-electron chi connectivity index (χ1n) is 8.39. The van der Waals surface area contributed by atoms with Crippen LogP contribution in [0.3, 0.4) is 0 Å². The Hall–Kier alpha value is -3.38. The molecule has 0 aliphatic carbocycles. The van der Waals surface area contributed by atoms with Crippen LogP contribution >= 0.6 is 11.3 Å². The molecule has 0 saturated heterocycles. The second-order valence-electron chi connectivity index (χ2n) is 5.83. The zero-order valence-corrected chi connectivity index (χ0v) is 15.4. The van der Waals surface area contributed by atoms with E-state index in [4.69, 9.17) is 4.74 Å². The van der Waals surface area contributed by atoms with E-state index in [-0.39, 0.29) is 5.91 Å². The highest BCUT2D eigenvalue weighted by molar-refractivity contribution is 7.13. The number of methoxy groups -OCH3 is 1. The molecule has 134 valence electrons. The minimum Gasteiger partial charge on any atom is -0.497 e. The molecule has 4 aromatic rings. The van der Waals surface area contributed by atoms with E-state index in [1.54, 1.807) is 35.4 Å². The lowest BCUT2D eigenvalue weighted by Gasteiger charge is -2.06. The van der Waals surface area contributed by atoms with Gasteiger partial charge in [0.2, 0.25) is 0 Å². The number of hydrogen-bond donors (Lipinski definition) is 1. The third-order valence-electron chi connectivity index (χ3n) is 4.06. The summed E-state index contributed by atoms with van der Waals surface area (Å²) in [6, 6.07) is 20.9. The third kappa shape index (κ3) is 3.61. The van der Waals surface area contributed by atoms with Gasteiger partial charge in [-0.1, -0.05) is 30.3 Å². The number of hydrogen-bond acceptors (Lipinski definition) is 4. The highest BCUT2D eigenvalue weighted by atomic mass is 32.1. The smallest absolute Gasteiger partial charge is 0.259 e. The van der Waals surface area contributed by atoms with Crippen LogP contribution in [0.25, 0.3) is 16.3 Å². The number of para-hydroxylation sites is 1. The Labute approximate surface area is 160 Å². The number of nitrogens with zero attached hydrogens (tertiary/aromatic N) is 2. The zero-order chi connectivity index (χ0) is 18.6. The highest BCUT2D eigenvalue weighted by Gasteiger charge is 2.19. The average molecular weight is 375 g/mol. The maximum absolute atomic E-state index is 13.0.